The summed E-state index contributed by atoms with van der Waals surface area (Å²) in [6, 6.07) is 5.91. The van der Waals surface area contributed by atoms with Crippen LogP contribution in [0.3, 0.4) is 0 Å². The maximum atomic E-state index is 15.5. The van der Waals surface area contributed by atoms with Crippen LogP contribution in [0.25, 0.3) is 10.9 Å². The van der Waals surface area contributed by atoms with Crippen molar-refractivity contribution in [2.24, 2.45) is 10.9 Å². The zero-order valence-electron chi connectivity index (χ0n) is 19.4. The number of nitrogens with zero attached hydrogens (tertiary/aromatic N) is 3. The first-order chi connectivity index (χ1) is 17.3. The van der Waals surface area contributed by atoms with Crippen molar-refractivity contribution in [3.05, 3.63) is 63.9 Å². The van der Waals surface area contributed by atoms with Crippen LogP contribution < -0.4 is 25.6 Å². The Balaban J connectivity index is 1.51. The lowest BCUT2D eigenvalue weighted by Crippen LogP contribution is -2.49. The molecule has 1 aliphatic carbocycles. The van der Waals surface area contributed by atoms with Gasteiger partial charge in [-0.1, -0.05) is 5.16 Å². The van der Waals surface area contributed by atoms with Gasteiger partial charge < -0.3 is 29.9 Å². The molecule has 1 aromatic heterocycles. The Kier molecular flexibility index (Phi) is 6.09. The molecule has 2 fully saturated rings. The number of anilines is 1. The van der Waals surface area contributed by atoms with E-state index in [-0.39, 0.29) is 29.4 Å². The SMILES string of the molecule is COc1c(N2CC/C(=N/Oc3ccc(F)cc3)C(N)C2)c(F)cc2c(=O)c(C(=O)O)cn(C3CC3)c12. The molecule has 1 saturated carbocycles. The highest BCUT2D eigenvalue weighted by Gasteiger charge is 2.33. The molecule has 1 unspecified atom stereocenters. The van der Waals surface area contributed by atoms with Crippen molar-refractivity contribution in [3.8, 4) is 11.5 Å². The third-order valence-electron chi connectivity index (χ3n) is 6.45. The highest BCUT2D eigenvalue weighted by molar-refractivity contribution is 5.98. The van der Waals surface area contributed by atoms with Gasteiger partial charge in [-0.05, 0) is 43.2 Å². The number of aromatic carboxylic acids is 1. The quantitative estimate of drug-likeness (QED) is 0.501. The Bertz CT molecular complexity index is 1430. The maximum Gasteiger partial charge on any atom is 0.341 e. The number of benzene rings is 2. The number of carbonyl (C=O) groups is 1. The third kappa shape index (κ3) is 4.26. The number of oxime groups is 1. The van der Waals surface area contributed by atoms with Gasteiger partial charge >= 0.3 is 5.97 Å². The lowest BCUT2D eigenvalue weighted by molar-refractivity contribution is 0.0694. The number of hydrogen-bond donors (Lipinski definition) is 2. The molecule has 0 amide bonds. The number of rotatable bonds is 6. The van der Waals surface area contributed by atoms with Crippen molar-refractivity contribution in [2.45, 2.75) is 31.3 Å². The van der Waals surface area contributed by atoms with Crippen LogP contribution in [0.2, 0.25) is 0 Å². The molecule has 2 aromatic carbocycles. The van der Waals surface area contributed by atoms with E-state index >= 15 is 4.39 Å². The van der Waals surface area contributed by atoms with Gasteiger partial charge in [0.1, 0.15) is 17.1 Å². The Morgan fingerprint density at radius 2 is 1.94 bits per heavy atom. The predicted octanol–water partition coefficient (Wildman–Crippen LogP) is 3.29. The number of carboxylic acid groups (broad SMARTS) is 1. The molecule has 1 aliphatic heterocycles. The van der Waals surface area contributed by atoms with E-state index in [1.807, 2.05) is 0 Å². The lowest BCUT2D eigenvalue weighted by Gasteiger charge is -2.34. The van der Waals surface area contributed by atoms with Gasteiger partial charge in [0, 0.05) is 31.7 Å². The molecule has 0 spiro atoms. The molecule has 3 aromatic rings. The first-order valence-electron chi connectivity index (χ1n) is 11.5. The lowest BCUT2D eigenvalue weighted by atomic mass is 10.0. The molecule has 36 heavy (non-hydrogen) atoms. The van der Waals surface area contributed by atoms with Crippen LogP contribution in [-0.4, -0.2) is 47.6 Å². The monoisotopic (exact) mass is 498 g/mol. The van der Waals surface area contributed by atoms with Crippen LogP contribution in [0, 0.1) is 11.6 Å². The molecule has 9 nitrogen and oxygen atoms in total. The highest BCUT2D eigenvalue weighted by Crippen LogP contribution is 2.44. The molecule has 5 rings (SSSR count). The number of carboxylic acids is 1. The standard InChI is InChI=1S/C25H24F2N4O5/c1-35-24-21-16(23(32)17(25(33)34)11-31(21)14-4-5-14)10-18(27)22(24)30-9-8-20(19(28)12-30)29-36-15-6-2-13(26)3-7-15/h2-3,6-7,10-11,14,19H,4-5,8-9,12,28H2,1H3,(H,33,34)/b29-20-. The van der Waals surface area contributed by atoms with Gasteiger partial charge in [-0.3, -0.25) is 4.79 Å². The number of fused-ring (bicyclic) bond motifs is 1. The van der Waals surface area contributed by atoms with Crippen LogP contribution in [0.4, 0.5) is 14.5 Å². The van der Waals surface area contributed by atoms with Crippen molar-refractivity contribution in [3.63, 3.8) is 0 Å². The Morgan fingerprint density at radius 3 is 2.56 bits per heavy atom. The maximum absolute atomic E-state index is 15.5. The minimum absolute atomic E-state index is 0.00405. The van der Waals surface area contributed by atoms with E-state index in [4.69, 9.17) is 15.3 Å². The first kappa shape index (κ1) is 23.7. The Labute approximate surface area is 204 Å². The minimum atomic E-state index is -1.36. The van der Waals surface area contributed by atoms with Gasteiger partial charge in [0.05, 0.1) is 29.8 Å². The molecule has 0 radical (unpaired) electrons. The van der Waals surface area contributed by atoms with Gasteiger partial charge in [0.25, 0.3) is 0 Å². The summed E-state index contributed by atoms with van der Waals surface area (Å²) in [4.78, 5) is 31.6. The summed E-state index contributed by atoms with van der Waals surface area (Å²) in [6.45, 7) is 0.546. The molecule has 188 valence electrons. The van der Waals surface area contributed by atoms with E-state index in [1.165, 1.54) is 37.6 Å². The van der Waals surface area contributed by atoms with E-state index < -0.39 is 34.6 Å². The van der Waals surface area contributed by atoms with Crippen LogP contribution in [0.15, 0.2) is 46.5 Å². The summed E-state index contributed by atoms with van der Waals surface area (Å²) >= 11 is 0. The smallest absolute Gasteiger partial charge is 0.341 e. The summed E-state index contributed by atoms with van der Waals surface area (Å²) < 4.78 is 35.9. The molecule has 11 heteroatoms. The van der Waals surface area contributed by atoms with Crippen molar-refractivity contribution < 1.29 is 28.3 Å². The number of piperidine rings is 1. The van der Waals surface area contributed by atoms with Crippen LogP contribution in [-0.2, 0) is 0 Å². The fraction of sp³-hybridized carbons (Fsp3) is 0.320. The van der Waals surface area contributed by atoms with Crippen LogP contribution in [0.1, 0.15) is 35.7 Å². The van der Waals surface area contributed by atoms with Crippen molar-refractivity contribution >= 4 is 28.3 Å². The second-order valence-electron chi connectivity index (χ2n) is 8.88. The Morgan fingerprint density at radius 1 is 1.22 bits per heavy atom. The fourth-order valence-corrected chi connectivity index (χ4v) is 4.52. The zero-order valence-corrected chi connectivity index (χ0v) is 19.4. The number of hydrogen-bond acceptors (Lipinski definition) is 7. The number of pyridine rings is 1. The van der Waals surface area contributed by atoms with Gasteiger partial charge in [0.15, 0.2) is 17.3 Å². The topological polar surface area (TPSA) is 119 Å². The van der Waals surface area contributed by atoms with Gasteiger partial charge in [-0.2, -0.15) is 0 Å². The van der Waals surface area contributed by atoms with E-state index in [1.54, 1.807) is 9.47 Å². The van der Waals surface area contributed by atoms with Gasteiger partial charge in [-0.15, -0.1) is 0 Å². The van der Waals surface area contributed by atoms with Gasteiger partial charge in [0.2, 0.25) is 5.43 Å². The molecule has 2 heterocycles. The minimum Gasteiger partial charge on any atom is -0.492 e. The average Bonchev–Trinajstić information content (AvgIpc) is 3.69. The largest absolute Gasteiger partial charge is 0.492 e. The molecular formula is C25H24F2N4O5. The summed E-state index contributed by atoms with van der Waals surface area (Å²) in [5.74, 6) is -1.95. The van der Waals surface area contributed by atoms with Crippen molar-refractivity contribution in [1.82, 2.24) is 4.57 Å². The summed E-state index contributed by atoms with van der Waals surface area (Å²) in [7, 11) is 1.39. The zero-order chi connectivity index (χ0) is 25.6. The van der Waals surface area contributed by atoms with Gasteiger partial charge in [-0.25, -0.2) is 13.6 Å². The highest BCUT2D eigenvalue weighted by atomic mass is 19.1. The van der Waals surface area contributed by atoms with E-state index in [0.29, 0.717) is 29.9 Å². The molecule has 0 bridgehead atoms. The summed E-state index contributed by atoms with van der Waals surface area (Å²) in [6.07, 6.45) is 3.31. The van der Waals surface area contributed by atoms with E-state index in [9.17, 15) is 19.1 Å². The molecule has 3 N–H and O–H groups in total. The van der Waals surface area contributed by atoms with E-state index in [2.05, 4.69) is 5.16 Å². The number of nitrogens with two attached hydrogens (primary N) is 1. The number of methoxy groups -OCH3 is 1. The fourth-order valence-electron chi connectivity index (χ4n) is 4.52. The second-order valence-corrected chi connectivity index (χ2v) is 8.88. The van der Waals surface area contributed by atoms with Crippen LogP contribution in [0.5, 0.6) is 11.5 Å². The third-order valence-corrected chi connectivity index (χ3v) is 6.45. The predicted molar refractivity (Wildman–Crippen MR) is 129 cm³/mol. The van der Waals surface area contributed by atoms with Crippen molar-refractivity contribution in [2.75, 3.05) is 25.1 Å². The number of halogens is 2. The normalized spacial score (nSPS) is 19.1. The molecular weight excluding hydrogens is 474 g/mol. The first-order valence-corrected chi connectivity index (χ1v) is 11.5. The summed E-state index contributed by atoms with van der Waals surface area (Å²) in [5.41, 5.74) is 6.22. The van der Waals surface area contributed by atoms with Crippen LogP contribution >= 0.6 is 0 Å². The molecule has 1 atom stereocenters. The van der Waals surface area contributed by atoms with E-state index in [0.717, 1.165) is 18.9 Å². The molecule has 2 aliphatic rings. The number of ether oxygens (including phenoxy) is 1. The second kappa shape index (κ2) is 9.23. The Hall–Kier alpha value is -3.99. The summed E-state index contributed by atoms with van der Waals surface area (Å²) in [5, 5.41) is 13.6. The number of aromatic nitrogens is 1. The molecule has 1 saturated heterocycles. The van der Waals surface area contributed by atoms with Crippen molar-refractivity contribution in [1.29, 1.82) is 0 Å². The average molecular weight is 498 g/mol.